The SMILES string of the molecule is COCCN(CCC#N)C(=O)C(N)COC. The molecule has 0 heterocycles. The number of carbonyl (C=O) groups is 1. The van der Waals surface area contributed by atoms with Gasteiger partial charge in [-0.25, -0.2) is 0 Å². The second-order valence-electron chi connectivity index (χ2n) is 3.29. The molecule has 6 heteroatoms. The zero-order valence-corrected chi connectivity index (χ0v) is 9.81. The van der Waals surface area contributed by atoms with Gasteiger partial charge in [0.25, 0.3) is 0 Å². The number of rotatable bonds is 8. The average molecular weight is 229 g/mol. The highest BCUT2D eigenvalue weighted by Gasteiger charge is 2.20. The van der Waals surface area contributed by atoms with Crippen molar-refractivity contribution in [2.24, 2.45) is 5.73 Å². The van der Waals surface area contributed by atoms with E-state index in [1.807, 2.05) is 6.07 Å². The summed E-state index contributed by atoms with van der Waals surface area (Å²) >= 11 is 0. The summed E-state index contributed by atoms with van der Waals surface area (Å²) in [5.41, 5.74) is 5.63. The smallest absolute Gasteiger partial charge is 0.241 e. The van der Waals surface area contributed by atoms with Gasteiger partial charge in [-0.05, 0) is 0 Å². The molecule has 92 valence electrons. The van der Waals surface area contributed by atoms with Crippen molar-refractivity contribution in [3.05, 3.63) is 0 Å². The fourth-order valence-corrected chi connectivity index (χ4v) is 1.20. The summed E-state index contributed by atoms with van der Waals surface area (Å²) < 4.78 is 9.71. The number of ether oxygens (including phenoxy) is 2. The molecule has 0 radical (unpaired) electrons. The molecule has 0 bridgehead atoms. The van der Waals surface area contributed by atoms with Crippen LogP contribution in [0.2, 0.25) is 0 Å². The molecular formula is C10H19N3O3. The highest BCUT2D eigenvalue weighted by Crippen LogP contribution is 1.97. The third-order valence-electron chi connectivity index (χ3n) is 2.03. The van der Waals surface area contributed by atoms with Crippen molar-refractivity contribution in [1.82, 2.24) is 4.90 Å². The Bertz CT molecular complexity index is 240. The van der Waals surface area contributed by atoms with Crippen molar-refractivity contribution in [1.29, 1.82) is 5.26 Å². The molecule has 1 amide bonds. The van der Waals surface area contributed by atoms with E-state index in [1.165, 1.54) is 12.0 Å². The third kappa shape index (κ3) is 5.66. The van der Waals surface area contributed by atoms with E-state index in [0.717, 1.165) is 0 Å². The molecule has 6 nitrogen and oxygen atoms in total. The molecule has 0 aromatic rings. The van der Waals surface area contributed by atoms with Crippen molar-refractivity contribution in [3.63, 3.8) is 0 Å². The maximum Gasteiger partial charge on any atom is 0.241 e. The van der Waals surface area contributed by atoms with E-state index >= 15 is 0 Å². The van der Waals surface area contributed by atoms with Crippen molar-refractivity contribution < 1.29 is 14.3 Å². The van der Waals surface area contributed by atoms with Crippen LogP contribution in [0.25, 0.3) is 0 Å². The zero-order chi connectivity index (χ0) is 12.4. The molecule has 0 saturated carbocycles. The topological polar surface area (TPSA) is 88.6 Å². The van der Waals surface area contributed by atoms with E-state index in [1.54, 1.807) is 7.11 Å². The zero-order valence-electron chi connectivity index (χ0n) is 9.81. The Morgan fingerprint density at radius 1 is 1.44 bits per heavy atom. The first-order chi connectivity index (χ1) is 7.67. The summed E-state index contributed by atoms with van der Waals surface area (Å²) in [5.74, 6) is -0.214. The van der Waals surface area contributed by atoms with Gasteiger partial charge in [0.15, 0.2) is 0 Å². The number of methoxy groups -OCH3 is 2. The lowest BCUT2D eigenvalue weighted by Gasteiger charge is -2.24. The fourth-order valence-electron chi connectivity index (χ4n) is 1.20. The van der Waals surface area contributed by atoms with Crippen LogP contribution in [0.5, 0.6) is 0 Å². The van der Waals surface area contributed by atoms with Gasteiger partial charge in [-0.2, -0.15) is 5.26 Å². The minimum Gasteiger partial charge on any atom is -0.383 e. The molecule has 0 aliphatic heterocycles. The second kappa shape index (κ2) is 9.09. The van der Waals surface area contributed by atoms with Crippen LogP contribution in [0.4, 0.5) is 0 Å². The maximum absolute atomic E-state index is 11.8. The van der Waals surface area contributed by atoms with Crippen molar-refractivity contribution in [3.8, 4) is 6.07 Å². The van der Waals surface area contributed by atoms with E-state index < -0.39 is 6.04 Å². The number of nitriles is 1. The quantitative estimate of drug-likeness (QED) is 0.597. The van der Waals surface area contributed by atoms with E-state index in [4.69, 9.17) is 20.5 Å². The van der Waals surface area contributed by atoms with Crippen LogP contribution in [0, 0.1) is 11.3 Å². The maximum atomic E-state index is 11.8. The van der Waals surface area contributed by atoms with Gasteiger partial charge in [-0.15, -0.1) is 0 Å². The number of amides is 1. The second-order valence-corrected chi connectivity index (χ2v) is 3.29. The molecule has 0 fully saturated rings. The van der Waals surface area contributed by atoms with Gasteiger partial charge in [-0.1, -0.05) is 0 Å². The summed E-state index contributed by atoms with van der Waals surface area (Å²) in [5, 5.41) is 8.49. The van der Waals surface area contributed by atoms with Crippen LogP contribution in [0.3, 0.4) is 0 Å². The predicted octanol–water partition coefficient (Wildman–Crippen LogP) is -0.651. The number of nitrogens with zero attached hydrogens (tertiary/aromatic N) is 2. The minimum absolute atomic E-state index is 0.175. The Hall–Kier alpha value is -1.16. The Labute approximate surface area is 95.9 Å². The number of nitrogens with two attached hydrogens (primary N) is 1. The summed E-state index contributed by atoms with van der Waals surface area (Å²) in [6.07, 6.45) is 0.287. The standard InChI is InChI=1S/C10H19N3O3/c1-15-7-6-13(5-3-4-11)10(14)9(12)8-16-2/h9H,3,5-8,12H2,1-2H3. The van der Waals surface area contributed by atoms with Gasteiger partial charge in [0, 0.05) is 27.3 Å². The summed E-state index contributed by atoms with van der Waals surface area (Å²) in [6, 6.07) is 1.31. The Morgan fingerprint density at radius 2 is 2.12 bits per heavy atom. The Morgan fingerprint density at radius 3 is 2.62 bits per heavy atom. The van der Waals surface area contributed by atoms with Crippen LogP contribution in [0.1, 0.15) is 6.42 Å². The van der Waals surface area contributed by atoms with Crippen LogP contribution in [-0.2, 0) is 14.3 Å². The molecule has 0 saturated heterocycles. The van der Waals surface area contributed by atoms with E-state index in [9.17, 15) is 4.79 Å². The first-order valence-electron chi connectivity index (χ1n) is 5.06. The highest BCUT2D eigenvalue weighted by molar-refractivity contribution is 5.81. The molecule has 0 spiro atoms. The van der Waals surface area contributed by atoms with Crippen molar-refractivity contribution >= 4 is 5.91 Å². The molecule has 1 unspecified atom stereocenters. The Balaban J connectivity index is 4.24. The summed E-state index contributed by atoms with van der Waals surface area (Å²) in [4.78, 5) is 13.3. The fraction of sp³-hybridized carbons (Fsp3) is 0.800. The first kappa shape index (κ1) is 14.8. The lowest BCUT2D eigenvalue weighted by Crippen LogP contribution is -2.47. The monoisotopic (exact) mass is 229 g/mol. The average Bonchev–Trinajstić information content (AvgIpc) is 2.29. The van der Waals surface area contributed by atoms with Gasteiger partial charge < -0.3 is 20.1 Å². The Kier molecular flexibility index (Phi) is 8.43. The number of hydrogen-bond donors (Lipinski definition) is 1. The van der Waals surface area contributed by atoms with E-state index in [2.05, 4.69) is 0 Å². The molecule has 2 N–H and O–H groups in total. The van der Waals surface area contributed by atoms with Gasteiger partial charge in [-0.3, -0.25) is 4.79 Å². The molecule has 0 aromatic carbocycles. The van der Waals surface area contributed by atoms with Gasteiger partial charge in [0.2, 0.25) is 5.91 Å². The normalized spacial score (nSPS) is 11.9. The molecule has 0 aromatic heterocycles. The van der Waals surface area contributed by atoms with Crippen molar-refractivity contribution in [2.45, 2.75) is 12.5 Å². The third-order valence-corrected chi connectivity index (χ3v) is 2.03. The van der Waals surface area contributed by atoms with E-state index in [0.29, 0.717) is 19.7 Å². The van der Waals surface area contributed by atoms with Crippen LogP contribution in [0.15, 0.2) is 0 Å². The largest absolute Gasteiger partial charge is 0.383 e. The van der Waals surface area contributed by atoms with Crippen molar-refractivity contribution in [2.75, 3.05) is 40.5 Å². The first-order valence-corrected chi connectivity index (χ1v) is 5.06. The summed E-state index contributed by atoms with van der Waals surface area (Å²) in [7, 11) is 3.05. The molecule has 1 atom stereocenters. The highest BCUT2D eigenvalue weighted by atomic mass is 16.5. The van der Waals surface area contributed by atoms with Gasteiger partial charge in [0.05, 0.1) is 25.7 Å². The predicted molar refractivity (Wildman–Crippen MR) is 58.5 cm³/mol. The minimum atomic E-state index is -0.680. The van der Waals surface area contributed by atoms with Gasteiger partial charge in [0.1, 0.15) is 6.04 Å². The summed E-state index contributed by atoms with van der Waals surface area (Å²) in [6.45, 7) is 1.41. The molecule has 0 rings (SSSR count). The number of hydrogen-bond acceptors (Lipinski definition) is 5. The number of carbonyl (C=O) groups excluding carboxylic acids is 1. The molecule has 0 aliphatic rings. The van der Waals surface area contributed by atoms with Crippen LogP contribution in [-0.4, -0.2) is 57.4 Å². The van der Waals surface area contributed by atoms with E-state index in [-0.39, 0.29) is 18.9 Å². The molecular weight excluding hydrogens is 210 g/mol. The van der Waals surface area contributed by atoms with Crippen LogP contribution < -0.4 is 5.73 Å². The van der Waals surface area contributed by atoms with Crippen LogP contribution >= 0.6 is 0 Å². The molecule has 0 aliphatic carbocycles. The van der Waals surface area contributed by atoms with Gasteiger partial charge >= 0.3 is 0 Å². The lowest BCUT2D eigenvalue weighted by atomic mass is 10.2. The molecule has 16 heavy (non-hydrogen) atoms. The lowest BCUT2D eigenvalue weighted by molar-refractivity contribution is -0.134.